The number of carbonyl (C=O) groups excluding carboxylic acids is 1. The smallest absolute Gasteiger partial charge is 0.307 e. The summed E-state index contributed by atoms with van der Waals surface area (Å²) in [6, 6.07) is 3.48. The van der Waals surface area contributed by atoms with Crippen LogP contribution in [0.5, 0.6) is 17.2 Å². The topological polar surface area (TPSA) is 66.0 Å². The number of hydrogen-bond donors (Lipinski definition) is 1. The number of carbonyl (C=O) groups is 1. The van der Waals surface area contributed by atoms with Gasteiger partial charge < -0.3 is 24.3 Å². The number of benzene rings is 1. The van der Waals surface area contributed by atoms with Crippen LogP contribution in [0.2, 0.25) is 0 Å². The van der Waals surface area contributed by atoms with E-state index in [-0.39, 0.29) is 12.4 Å². The van der Waals surface area contributed by atoms with E-state index in [0.29, 0.717) is 29.5 Å². The number of anilines is 1. The highest BCUT2D eigenvalue weighted by Crippen LogP contribution is 2.38. The van der Waals surface area contributed by atoms with Crippen molar-refractivity contribution in [2.24, 2.45) is 0 Å². The summed E-state index contributed by atoms with van der Waals surface area (Å²) >= 11 is 0. The zero-order valence-corrected chi connectivity index (χ0v) is 11.6. The predicted molar refractivity (Wildman–Crippen MR) is 71.2 cm³/mol. The van der Waals surface area contributed by atoms with Crippen LogP contribution in [0.15, 0.2) is 12.1 Å². The molecule has 0 spiro atoms. The number of methoxy groups -OCH3 is 4. The fraction of sp³-hybridized carbons (Fsp3) is 0.462. The molecule has 1 aromatic rings. The Bertz CT molecular complexity index is 408. The average molecular weight is 269 g/mol. The van der Waals surface area contributed by atoms with E-state index >= 15 is 0 Å². The second-order valence-corrected chi connectivity index (χ2v) is 3.66. The maximum absolute atomic E-state index is 11.1. The van der Waals surface area contributed by atoms with Crippen LogP contribution in [0.3, 0.4) is 0 Å². The minimum absolute atomic E-state index is 0.259. The molecule has 0 radical (unpaired) electrons. The lowest BCUT2D eigenvalue weighted by atomic mass is 10.2. The van der Waals surface area contributed by atoms with Gasteiger partial charge in [-0.2, -0.15) is 0 Å². The Labute approximate surface area is 112 Å². The molecule has 0 saturated carbocycles. The zero-order chi connectivity index (χ0) is 14.3. The monoisotopic (exact) mass is 269 g/mol. The summed E-state index contributed by atoms with van der Waals surface area (Å²) in [5, 5.41) is 3.09. The minimum Gasteiger partial charge on any atom is -0.496 e. The van der Waals surface area contributed by atoms with Crippen molar-refractivity contribution in [3.8, 4) is 17.2 Å². The number of esters is 1. The quantitative estimate of drug-likeness (QED) is 0.760. The molecule has 106 valence electrons. The van der Waals surface area contributed by atoms with Gasteiger partial charge in [0.1, 0.15) is 22.9 Å². The third kappa shape index (κ3) is 3.94. The summed E-state index contributed by atoms with van der Waals surface area (Å²) in [5.41, 5.74) is 0.676. The Morgan fingerprint density at radius 2 is 1.63 bits per heavy atom. The minimum atomic E-state index is -0.279. The molecule has 0 amide bonds. The molecule has 0 atom stereocenters. The molecular formula is C13H19NO5. The second-order valence-electron chi connectivity index (χ2n) is 3.66. The van der Waals surface area contributed by atoms with Crippen LogP contribution in [0, 0.1) is 0 Å². The Hall–Kier alpha value is -2.11. The van der Waals surface area contributed by atoms with Crippen LogP contribution < -0.4 is 19.5 Å². The summed E-state index contributed by atoms with van der Waals surface area (Å²) < 4.78 is 20.3. The Morgan fingerprint density at radius 3 is 2.05 bits per heavy atom. The van der Waals surface area contributed by atoms with Gasteiger partial charge in [0.05, 0.1) is 34.9 Å². The van der Waals surface area contributed by atoms with Crippen molar-refractivity contribution in [1.82, 2.24) is 0 Å². The molecule has 1 aromatic carbocycles. The van der Waals surface area contributed by atoms with Gasteiger partial charge in [-0.1, -0.05) is 0 Å². The Balaban J connectivity index is 2.88. The molecule has 0 aromatic heterocycles. The van der Waals surface area contributed by atoms with Crippen molar-refractivity contribution >= 4 is 11.7 Å². The maximum atomic E-state index is 11.1. The Kier molecular flexibility index (Phi) is 5.78. The lowest BCUT2D eigenvalue weighted by Crippen LogP contribution is -2.11. The molecule has 6 nitrogen and oxygen atoms in total. The standard InChI is InChI=1S/C13H19NO5/c1-16-9-7-10(17-2)13(11(8-9)18-3)14-6-5-12(15)19-4/h7-8,14H,5-6H2,1-4H3. The summed E-state index contributed by atoms with van der Waals surface area (Å²) in [4.78, 5) is 11.1. The highest BCUT2D eigenvalue weighted by molar-refractivity contribution is 5.72. The number of rotatable bonds is 7. The van der Waals surface area contributed by atoms with Gasteiger partial charge in [0.25, 0.3) is 0 Å². The van der Waals surface area contributed by atoms with Crippen molar-refractivity contribution in [3.63, 3.8) is 0 Å². The third-order valence-electron chi connectivity index (χ3n) is 2.57. The first-order valence-electron chi connectivity index (χ1n) is 5.77. The normalized spacial score (nSPS) is 9.68. The average Bonchev–Trinajstić information content (AvgIpc) is 2.46. The number of hydrogen-bond acceptors (Lipinski definition) is 6. The van der Waals surface area contributed by atoms with Gasteiger partial charge in [-0.15, -0.1) is 0 Å². The van der Waals surface area contributed by atoms with Crippen LogP contribution in [0.25, 0.3) is 0 Å². The lowest BCUT2D eigenvalue weighted by molar-refractivity contribution is -0.140. The predicted octanol–water partition coefficient (Wildman–Crippen LogP) is 1.69. The first-order valence-corrected chi connectivity index (χ1v) is 5.77. The van der Waals surface area contributed by atoms with Gasteiger partial charge in [0, 0.05) is 18.7 Å². The van der Waals surface area contributed by atoms with Gasteiger partial charge in [0.2, 0.25) is 0 Å². The molecular weight excluding hydrogens is 250 g/mol. The molecule has 0 aliphatic rings. The summed E-state index contributed by atoms with van der Waals surface area (Å²) in [7, 11) is 6.04. The first-order chi connectivity index (χ1) is 9.15. The molecule has 0 aliphatic carbocycles. The molecule has 0 bridgehead atoms. The molecule has 0 fully saturated rings. The summed E-state index contributed by atoms with van der Waals surface area (Å²) in [5.74, 6) is 1.52. The van der Waals surface area contributed by atoms with E-state index in [9.17, 15) is 4.79 Å². The van der Waals surface area contributed by atoms with Crippen LogP contribution in [0.1, 0.15) is 6.42 Å². The Morgan fingerprint density at radius 1 is 1.05 bits per heavy atom. The molecule has 1 rings (SSSR count). The molecule has 0 saturated heterocycles. The van der Waals surface area contributed by atoms with Crippen LogP contribution in [0.4, 0.5) is 5.69 Å². The lowest BCUT2D eigenvalue weighted by Gasteiger charge is -2.16. The van der Waals surface area contributed by atoms with E-state index in [0.717, 1.165) is 0 Å². The van der Waals surface area contributed by atoms with E-state index < -0.39 is 0 Å². The van der Waals surface area contributed by atoms with Crippen molar-refractivity contribution in [2.75, 3.05) is 40.3 Å². The maximum Gasteiger partial charge on any atom is 0.307 e. The largest absolute Gasteiger partial charge is 0.496 e. The van der Waals surface area contributed by atoms with Gasteiger partial charge in [0.15, 0.2) is 0 Å². The molecule has 0 unspecified atom stereocenters. The van der Waals surface area contributed by atoms with E-state index in [1.165, 1.54) is 7.11 Å². The fourth-order valence-electron chi connectivity index (χ4n) is 1.57. The SMILES string of the molecule is COC(=O)CCNc1c(OC)cc(OC)cc1OC. The van der Waals surface area contributed by atoms with E-state index in [1.807, 2.05) is 0 Å². The highest BCUT2D eigenvalue weighted by atomic mass is 16.5. The molecule has 0 aliphatic heterocycles. The van der Waals surface area contributed by atoms with E-state index in [4.69, 9.17) is 14.2 Å². The number of ether oxygens (including phenoxy) is 4. The van der Waals surface area contributed by atoms with Crippen molar-refractivity contribution < 1.29 is 23.7 Å². The summed E-state index contributed by atoms with van der Waals surface area (Å²) in [6.45, 7) is 0.422. The van der Waals surface area contributed by atoms with Gasteiger partial charge >= 0.3 is 5.97 Å². The van der Waals surface area contributed by atoms with E-state index in [2.05, 4.69) is 10.1 Å². The van der Waals surface area contributed by atoms with Crippen molar-refractivity contribution in [3.05, 3.63) is 12.1 Å². The second kappa shape index (κ2) is 7.35. The highest BCUT2D eigenvalue weighted by Gasteiger charge is 2.13. The van der Waals surface area contributed by atoms with Crippen molar-refractivity contribution in [1.29, 1.82) is 0 Å². The van der Waals surface area contributed by atoms with Gasteiger partial charge in [-0.3, -0.25) is 4.79 Å². The summed E-state index contributed by atoms with van der Waals surface area (Å²) in [6.07, 6.45) is 0.259. The van der Waals surface area contributed by atoms with Crippen LogP contribution in [-0.2, 0) is 9.53 Å². The van der Waals surface area contributed by atoms with E-state index in [1.54, 1.807) is 33.5 Å². The molecule has 19 heavy (non-hydrogen) atoms. The third-order valence-corrected chi connectivity index (χ3v) is 2.57. The zero-order valence-electron chi connectivity index (χ0n) is 11.6. The fourth-order valence-corrected chi connectivity index (χ4v) is 1.57. The molecule has 0 heterocycles. The van der Waals surface area contributed by atoms with Crippen LogP contribution in [-0.4, -0.2) is 41.0 Å². The molecule has 1 N–H and O–H groups in total. The number of nitrogens with one attached hydrogen (secondary N) is 1. The first kappa shape index (κ1) is 14.9. The van der Waals surface area contributed by atoms with Crippen molar-refractivity contribution in [2.45, 2.75) is 6.42 Å². The van der Waals surface area contributed by atoms with Gasteiger partial charge in [-0.25, -0.2) is 0 Å². The van der Waals surface area contributed by atoms with Gasteiger partial charge in [-0.05, 0) is 0 Å². The van der Waals surface area contributed by atoms with Crippen LogP contribution >= 0.6 is 0 Å². The molecule has 6 heteroatoms.